The molecule has 0 radical (unpaired) electrons. The molecular weight excluding hydrogens is 450 g/mol. The first-order chi connectivity index (χ1) is 15.7. The van der Waals surface area contributed by atoms with Gasteiger partial charge < -0.3 is 24.4 Å². The molecule has 0 spiro atoms. The van der Waals surface area contributed by atoms with Crippen LogP contribution in [-0.4, -0.2) is 68.5 Å². The molecule has 2 aromatic carbocycles. The highest BCUT2D eigenvalue weighted by Gasteiger charge is 2.34. The van der Waals surface area contributed by atoms with Gasteiger partial charge in [-0.15, -0.1) is 0 Å². The summed E-state index contributed by atoms with van der Waals surface area (Å²) in [6.07, 6.45) is -0.707. The number of fused-ring (bicyclic) bond motifs is 2. The molecule has 10 nitrogen and oxygen atoms in total. The summed E-state index contributed by atoms with van der Waals surface area (Å²) in [5, 5.41) is 2.72. The highest BCUT2D eigenvalue weighted by Crippen LogP contribution is 2.36. The zero-order valence-corrected chi connectivity index (χ0v) is 19.0. The maximum Gasteiger partial charge on any atom is 0.265 e. The minimum Gasteiger partial charge on any atom is -0.479 e. The summed E-state index contributed by atoms with van der Waals surface area (Å²) in [7, 11) is -3.81. The van der Waals surface area contributed by atoms with Gasteiger partial charge in [0, 0.05) is 37.8 Å². The van der Waals surface area contributed by atoms with Gasteiger partial charge >= 0.3 is 0 Å². The number of anilines is 1. The van der Waals surface area contributed by atoms with E-state index in [0.717, 1.165) is 0 Å². The number of carbonyl (C=O) groups is 2. The second-order valence-electron chi connectivity index (χ2n) is 8.13. The summed E-state index contributed by atoms with van der Waals surface area (Å²) >= 11 is 0. The molecule has 0 aliphatic carbocycles. The van der Waals surface area contributed by atoms with Gasteiger partial charge in [-0.2, -0.15) is 4.31 Å². The number of nitrogens with zero attached hydrogens (tertiary/aromatic N) is 2. The number of rotatable bonds is 3. The Bertz CT molecular complexity index is 1250. The van der Waals surface area contributed by atoms with E-state index in [1.54, 1.807) is 43.0 Å². The smallest absolute Gasteiger partial charge is 0.265 e. The lowest BCUT2D eigenvalue weighted by Gasteiger charge is -2.34. The summed E-state index contributed by atoms with van der Waals surface area (Å²) in [6, 6.07) is 8.07. The zero-order valence-electron chi connectivity index (χ0n) is 18.2. The van der Waals surface area contributed by atoms with Crippen molar-refractivity contribution in [3.8, 4) is 17.2 Å². The van der Waals surface area contributed by atoms with Crippen molar-refractivity contribution in [1.29, 1.82) is 0 Å². The van der Waals surface area contributed by atoms with Gasteiger partial charge in [0.05, 0.1) is 10.6 Å². The van der Waals surface area contributed by atoms with E-state index in [1.807, 2.05) is 0 Å². The van der Waals surface area contributed by atoms with Crippen molar-refractivity contribution >= 4 is 27.5 Å². The van der Waals surface area contributed by atoms with Gasteiger partial charge in [0.15, 0.2) is 17.6 Å². The van der Waals surface area contributed by atoms with Crippen molar-refractivity contribution in [3.63, 3.8) is 0 Å². The molecule has 3 heterocycles. The molecule has 1 atom stereocenters. The highest BCUT2D eigenvalue weighted by atomic mass is 32.2. The van der Waals surface area contributed by atoms with Crippen LogP contribution in [0.2, 0.25) is 0 Å². The molecule has 1 saturated heterocycles. The summed E-state index contributed by atoms with van der Waals surface area (Å²) in [6.45, 7) is 4.27. The van der Waals surface area contributed by atoms with E-state index in [0.29, 0.717) is 34.1 Å². The summed E-state index contributed by atoms with van der Waals surface area (Å²) in [4.78, 5) is 26.5. The van der Waals surface area contributed by atoms with E-state index in [1.165, 1.54) is 10.4 Å². The number of nitrogens with one attached hydrogen (secondary N) is 1. The first-order valence-electron chi connectivity index (χ1n) is 10.6. The van der Waals surface area contributed by atoms with Crippen LogP contribution in [0.4, 0.5) is 5.69 Å². The largest absolute Gasteiger partial charge is 0.479 e. The van der Waals surface area contributed by atoms with Crippen molar-refractivity contribution in [3.05, 3.63) is 41.5 Å². The molecule has 0 saturated carbocycles. The summed E-state index contributed by atoms with van der Waals surface area (Å²) < 4.78 is 44.3. The van der Waals surface area contributed by atoms with Crippen molar-refractivity contribution in [2.24, 2.45) is 0 Å². The Morgan fingerprint density at radius 2 is 1.76 bits per heavy atom. The highest BCUT2D eigenvalue weighted by molar-refractivity contribution is 7.89. The molecule has 0 unspecified atom stereocenters. The number of carbonyl (C=O) groups excluding carboxylic acids is 2. The molecule has 0 bridgehead atoms. The van der Waals surface area contributed by atoms with Crippen LogP contribution >= 0.6 is 0 Å². The van der Waals surface area contributed by atoms with Crippen molar-refractivity contribution in [1.82, 2.24) is 9.21 Å². The molecule has 1 N–H and O–H groups in total. The minimum atomic E-state index is -3.81. The fourth-order valence-corrected chi connectivity index (χ4v) is 5.75. The molecule has 174 valence electrons. The molecule has 0 aromatic heterocycles. The van der Waals surface area contributed by atoms with Crippen LogP contribution in [0, 0.1) is 6.92 Å². The third-order valence-electron chi connectivity index (χ3n) is 5.97. The lowest BCUT2D eigenvalue weighted by molar-refractivity contribution is -0.122. The zero-order chi connectivity index (χ0) is 23.3. The Hall–Kier alpha value is -3.31. The second kappa shape index (κ2) is 7.92. The van der Waals surface area contributed by atoms with Crippen molar-refractivity contribution in [2.45, 2.75) is 24.8 Å². The van der Waals surface area contributed by atoms with Gasteiger partial charge in [-0.1, -0.05) is 0 Å². The number of amides is 2. The number of hydrogen-bond acceptors (Lipinski definition) is 7. The van der Waals surface area contributed by atoms with E-state index >= 15 is 0 Å². The first kappa shape index (κ1) is 21.5. The average Bonchev–Trinajstić information content (AvgIpc) is 3.27. The monoisotopic (exact) mass is 473 g/mol. The fourth-order valence-electron chi connectivity index (χ4n) is 4.10. The first-order valence-corrected chi connectivity index (χ1v) is 12.0. The summed E-state index contributed by atoms with van der Waals surface area (Å²) in [5.41, 5.74) is 1.43. The molecule has 11 heteroatoms. The molecule has 5 rings (SSSR count). The van der Waals surface area contributed by atoms with E-state index in [2.05, 4.69) is 5.32 Å². The van der Waals surface area contributed by atoms with Gasteiger partial charge in [0.2, 0.25) is 16.8 Å². The van der Waals surface area contributed by atoms with Crippen molar-refractivity contribution < 1.29 is 32.2 Å². The van der Waals surface area contributed by atoms with Gasteiger partial charge in [0.25, 0.3) is 11.8 Å². The number of piperazine rings is 1. The number of sulfonamides is 1. The topological polar surface area (TPSA) is 114 Å². The second-order valence-corrected chi connectivity index (χ2v) is 10.0. The lowest BCUT2D eigenvalue weighted by Crippen LogP contribution is -2.50. The number of aryl methyl sites for hydroxylation is 1. The quantitative estimate of drug-likeness (QED) is 0.720. The van der Waals surface area contributed by atoms with Crippen LogP contribution in [0.3, 0.4) is 0 Å². The molecule has 2 amide bonds. The Morgan fingerprint density at radius 1 is 1.03 bits per heavy atom. The minimum absolute atomic E-state index is 0.125. The molecule has 33 heavy (non-hydrogen) atoms. The molecular formula is C22H23N3O7S. The predicted octanol–water partition coefficient (Wildman–Crippen LogP) is 1.59. The van der Waals surface area contributed by atoms with E-state index < -0.39 is 16.1 Å². The van der Waals surface area contributed by atoms with Crippen LogP contribution < -0.4 is 19.5 Å². The summed E-state index contributed by atoms with van der Waals surface area (Å²) in [5.74, 6) is 0.982. The molecule has 2 aromatic rings. The third kappa shape index (κ3) is 3.76. The van der Waals surface area contributed by atoms with Gasteiger partial charge in [-0.05, 0) is 43.7 Å². The van der Waals surface area contributed by atoms with E-state index in [9.17, 15) is 18.0 Å². The standard InChI is InChI=1S/C22H23N3O7S/c1-13-9-16-18(32-14(2)21(26)23-16)11-20(13)33(28,29)25-7-5-24(6-8-25)22(27)15-3-4-17-19(10-15)31-12-30-17/h3-4,9-11,14H,5-8,12H2,1-2H3,(H,23,26)/t14-/m1/s1. The molecule has 1 fully saturated rings. The lowest BCUT2D eigenvalue weighted by atomic mass is 10.1. The fraction of sp³-hybridized carbons (Fsp3) is 0.364. The SMILES string of the molecule is Cc1cc2c(cc1S(=O)(=O)N1CCN(C(=O)c3ccc4c(c3)OCO4)CC1)O[C@H](C)C(=O)N2. The Balaban J connectivity index is 1.31. The van der Waals surface area contributed by atoms with Crippen LogP contribution in [-0.2, 0) is 14.8 Å². The van der Waals surface area contributed by atoms with Crippen LogP contribution in [0.1, 0.15) is 22.8 Å². The Morgan fingerprint density at radius 3 is 2.52 bits per heavy atom. The number of benzene rings is 2. The van der Waals surface area contributed by atoms with Crippen molar-refractivity contribution in [2.75, 3.05) is 38.3 Å². The van der Waals surface area contributed by atoms with Crippen LogP contribution in [0.5, 0.6) is 17.2 Å². The van der Waals surface area contributed by atoms with Crippen LogP contribution in [0.15, 0.2) is 35.2 Å². The van der Waals surface area contributed by atoms with Crippen LogP contribution in [0.25, 0.3) is 0 Å². The predicted molar refractivity (Wildman–Crippen MR) is 117 cm³/mol. The van der Waals surface area contributed by atoms with E-state index in [-0.39, 0.29) is 49.7 Å². The Labute approximate surface area is 191 Å². The van der Waals surface area contributed by atoms with E-state index in [4.69, 9.17) is 14.2 Å². The Kier molecular flexibility index (Phi) is 5.17. The van der Waals surface area contributed by atoms with Gasteiger partial charge in [0.1, 0.15) is 5.75 Å². The number of hydrogen-bond donors (Lipinski definition) is 1. The molecule has 3 aliphatic heterocycles. The maximum atomic E-state index is 13.4. The average molecular weight is 474 g/mol. The normalized spacial score (nSPS) is 20.1. The van der Waals surface area contributed by atoms with Gasteiger partial charge in [-0.25, -0.2) is 8.42 Å². The van der Waals surface area contributed by atoms with Gasteiger partial charge in [-0.3, -0.25) is 9.59 Å². The number of ether oxygens (including phenoxy) is 3. The molecule has 3 aliphatic rings. The third-order valence-corrected chi connectivity index (χ3v) is 8.01. The maximum absolute atomic E-state index is 13.4.